The Morgan fingerprint density at radius 2 is 1.84 bits per heavy atom. The molecule has 0 saturated carbocycles. The van der Waals surface area contributed by atoms with Crippen LogP contribution in [-0.2, 0) is 30.9 Å². The maximum atomic E-state index is 13.5. The van der Waals surface area contributed by atoms with Crippen LogP contribution in [-0.4, -0.2) is 44.3 Å². The van der Waals surface area contributed by atoms with E-state index in [2.05, 4.69) is 5.32 Å². The van der Waals surface area contributed by atoms with Crippen molar-refractivity contribution in [3.8, 4) is 0 Å². The van der Waals surface area contributed by atoms with Crippen LogP contribution in [0.4, 0.5) is 11.4 Å². The van der Waals surface area contributed by atoms with Gasteiger partial charge in [0.05, 0.1) is 5.41 Å². The molecule has 5 rings (SSSR count). The minimum atomic E-state index is -0.605. The summed E-state index contributed by atoms with van der Waals surface area (Å²) < 4.78 is 11.2. The predicted molar refractivity (Wildman–Crippen MR) is 118 cm³/mol. The largest absolute Gasteiger partial charge is 0.381 e. The van der Waals surface area contributed by atoms with Crippen LogP contribution in [0.2, 0.25) is 0 Å². The van der Waals surface area contributed by atoms with E-state index in [1.807, 2.05) is 53.4 Å². The minimum absolute atomic E-state index is 0.0167. The predicted octanol–water partition coefficient (Wildman–Crippen LogP) is 3.44. The second-order valence-electron chi connectivity index (χ2n) is 8.60. The van der Waals surface area contributed by atoms with Crippen LogP contribution in [0.1, 0.15) is 36.8 Å². The summed E-state index contributed by atoms with van der Waals surface area (Å²) in [5.74, 6) is 0.0156. The van der Waals surface area contributed by atoms with Crippen molar-refractivity contribution < 1.29 is 19.1 Å². The molecular formula is C25H28N2O4. The molecule has 3 heterocycles. The number of benzene rings is 2. The second-order valence-corrected chi connectivity index (χ2v) is 8.60. The molecule has 2 fully saturated rings. The summed E-state index contributed by atoms with van der Waals surface area (Å²) in [5.41, 5.74) is 3.16. The van der Waals surface area contributed by atoms with Crippen molar-refractivity contribution in [2.24, 2.45) is 0 Å². The smallest absolute Gasteiger partial charge is 0.256 e. The van der Waals surface area contributed by atoms with Crippen molar-refractivity contribution in [3.63, 3.8) is 0 Å². The van der Waals surface area contributed by atoms with Crippen LogP contribution in [0.5, 0.6) is 0 Å². The van der Waals surface area contributed by atoms with Crippen LogP contribution >= 0.6 is 0 Å². The lowest BCUT2D eigenvalue weighted by molar-refractivity contribution is -0.127. The molecule has 0 unspecified atom stereocenters. The van der Waals surface area contributed by atoms with Gasteiger partial charge in [0.2, 0.25) is 5.91 Å². The van der Waals surface area contributed by atoms with Gasteiger partial charge in [0.25, 0.3) is 5.91 Å². The molecule has 1 atom stereocenters. The van der Waals surface area contributed by atoms with Gasteiger partial charge >= 0.3 is 0 Å². The highest BCUT2D eigenvalue weighted by molar-refractivity contribution is 6.02. The van der Waals surface area contributed by atoms with Gasteiger partial charge in [0, 0.05) is 37.7 Å². The van der Waals surface area contributed by atoms with E-state index < -0.39 is 5.41 Å². The SMILES string of the molecule is O=C([C@@H]1CCCO1)N1CCc2ccc(NC(=O)C3(c4ccccc4)CCOCC3)cc21. The van der Waals surface area contributed by atoms with Gasteiger partial charge in [0.15, 0.2) is 0 Å². The Labute approximate surface area is 182 Å². The van der Waals surface area contributed by atoms with Crippen molar-refractivity contribution in [3.05, 3.63) is 59.7 Å². The summed E-state index contributed by atoms with van der Waals surface area (Å²) in [7, 11) is 0. The quantitative estimate of drug-likeness (QED) is 0.823. The Bertz CT molecular complexity index is 963. The molecule has 6 nitrogen and oxygen atoms in total. The molecule has 6 heteroatoms. The van der Waals surface area contributed by atoms with Gasteiger partial charge in [-0.2, -0.15) is 0 Å². The van der Waals surface area contributed by atoms with Crippen molar-refractivity contribution in [2.75, 3.05) is 36.6 Å². The van der Waals surface area contributed by atoms with E-state index >= 15 is 0 Å². The van der Waals surface area contributed by atoms with Gasteiger partial charge in [-0.25, -0.2) is 0 Å². The lowest BCUT2D eigenvalue weighted by atomic mass is 9.73. The minimum Gasteiger partial charge on any atom is -0.381 e. The van der Waals surface area contributed by atoms with Crippen molar-refractivity contribution in [1.29, 1.82) is 0 Å². The van der Waals surface area contributed by atoms with Crippen molar-refractivity contribution in [1.82, 2.24) is 0 Å². The number of ether oxygens (including phenoxy) is 2. The molecule has 2 amide bonds. The van der Waals surface area contributed by atoms with Crippen LogP contribution < -0.4 is 10.2 Å². The summed E-state index contributed by atoms with van der Waals surface area (Å²) in [6.45, 7) is 2.45. The van der Waals surface area contributed by atoms with Crippen LogP contribution in [0.3, 0.4) is 0 Å². The van der Waals surface area contributed by atoms with E-state index in [4.69, 9.17) is 9.47 Å². The third-order valence-electron chi connectivity index (χ3n) is 6.82. The van der Waals surface area contributed by atoms with E-state index in [9.17, 15) is 9.59 Å². The molecule has 2 saturated heterocycles. The van der Waals surface area contributed by atoms with Gasteiger partial charge in [-0.05, 0) is 55.4 Å². The Balaban J connectivity index is 1.39. The van der Waals surface area contributed by atoms with E-state index in [-0.39, 0.29) is 17.9 Å². The molecule has 31 heavy (non-hydrogen) atoms. The van der Waals surface area contributed by atoms with Crippen LogP contribution in [0.25, 0.3) is 0 Å². The molecule has 0 radical (unpaired) electrons. The molecule has 0 spiro atoms. The first-order chi connectivity index (χ1) is 15.2. The van der Waals surface area contributed by atoms with Gasteiger partial charge in [-0.1, -0.05) is 36.4 Å². The Morgan fingerprint density at radius 1 is 1.03 bits per heavy atom. The molecule has 3 aliphatic heterocycles. The van der Waals surface area contributed by atoms with Crippen LogP contribution in [0.15, 0.2) is 48.5 Å². The zero-order chi connectivity index (χ0) is 21.3. The fraction of sp³-hybridized carbons (Fsp3) is 0.440. The standard InChI is InChI=1S/C25H28N2O4/c28-23(22-7-4-14-31-22)27-13-10-18-8-9-20(17-21(18)27)26-24(29)25(11-15-30-16-12-25)19-5-2-1-3-6-19/h1-3,5-6,8-9,17,22H,4,7,10-16H2,(H,26,29)/t22-/m0/s1. The number of carbonyl (C=O) groups excluding carboxylic acids is 2. The fourth-order valence-electron chi connectivity index (χ4n) is 5.01. The van der Waals surface area contributed by atoms with E-state index in [0.717, 1.165) is 41.8 Å². The molecule has 2 aromatic carbocycles. The highest BCUT2D eigenvalue weighted by atomic mass is 16.5. The zero-order valence-electron chi connectivity index (χ0n) is 17.6. The number of amides is 2. The highest BCUT2D eigenvalue weighted by Gasteiger charge is 2.42. The number of hydrogen-bond acceptors (Lipinski definition) is 4. The first kappa shape index (κ1) is 20.2. The van der Waals surface area contributed by atoms with Gasteiger partial charge < -0.3 is 19.7 Å². The van der Waals surface area contributed by atoms with Crippen LogP contribution in [0, 0.1) is 0 Å². The second kappa shape index (κ2) is 8.44. The molecule has 2 aromatic rings. The number of hydrogen-bond donors (Lipinski definition) is 1. The number of nitrogens with zero attached hydrogens (tertiary/aromatic N) is 1. The third kappa shape index (κ3) is 3.75. The Kier molecular flexibility index (Phi) is 5.50. The first-order valence-corrected chi connectivity index (χ1v) is 11.2. The first-order valence-electron chi connectivity index (χ1n) is 11.2. The van der Waals surface area contributed by atoms with Gasteiger partial charge in [-0.15, -0.1) is 0 Å². The average Bonchev–Trinajstić information content (AvgIpc) is 3.50. The number of anilines is 2. The third-order valence-corrected chi connectivity index (χ3v) is 6.82. The molecule has 162 valence electrons. The Morgan fingerprint density at radius 3 is 2.58 bits per heavy atom. The molecule has 3 aliphatic rings. The fourth-order valence-corrected chi connectivity index (χ4v) is 5.01. The molecule has 0 aromatic heterocycles. The van der Waals surface area contributed by atoms with Crippen molar-refractivity contribution >= 4 is 23.2 Å². The lowest BCUT2D eigenvalue weighted by Crippen LogP contribution is -2.44. The van der Waals surface area contributed by atoms with E-state index in [1.54, 1.807) is 0 Å². The highest BCUT2D eigenvalue weighted by Crippen LogP contribution is 2.37. The maximum Gasteiger partial charge on any atom is 0.256 e. The van der Waals surface area contributed by atoms with E-state index in [0.29, 0.717) is 39.2 Å². The van der Waals surface area contributed by atoms with Crippen molar-refractivity contribution in [2.45, 2.75) is 43.6 Å². The summed E-state index contributed by atoms with van der Waals surface area (Å²) in [6, 6.07) is 15.9. The monoisotopic (exact) mass is 420 g/mol. The molecular weight excluding hydrogens is 392 g/mol. The summed E-state index contributed by atoms with van der Waals surface area (Å²) in [4.78, 5) is 28.3. The lowest BCUT2D eigenvalue weighted by Gasteiger charge is -2.36. The topological polar surface area (TPSA) is 67.9 Å². The van der Waals surface area contributed by atoms with Gasteiger partial charge in [0.1, 0.15) is 6.10 Å². The number of fused-ring (bicyclic) bond motifs is 1. The van der Waals surface area contributed by atoms with Gasteiger partial charge in [-0.3, -0.25) is 9.59 Å². The molecule has 0 aliphatic carbocycles. The summed E-state index contributed by atoms with van der Waals surface area (Å²) in [6.07, 6.45) is 3.50. The zero-order valence-corrected chi connectivity index (χ0v) is 17.6. The Hall–Kier alpha value is -2.70. The van der Waals surface area contributed by atoms with E-state index in [1.165, 1.54) is 0 Å². The average molecular weight is 421 g/mol. The molecule has 0 bridgehead atoms. The number of nitrogens with one attached hydrogen (secondary N) is 1. The maximum absolute atomic E-state index is 13.5. The summed E-state index contributed by atoms with van der Waals surface area (Å²) >= 11 is 0. The number of carbonyl (C=O) groups is 2. The summed E-state index contributed by atoms with van der Waals surface area (Å²) in [5, 5.41) is 3.15. The molecule has 1 N–H and O–H groups in total. The number of rotatable bonds is 4. The normalized spacial score (nSPS) is 22.2.